The smallest absolute Gasteiger partial charge is 0.298 e. The summed E-state index contributed by atoms with van der Waals surface area (Å²) in [5.41, 5.74) is 3.63. The number of nitrogens with one attached hydrogen (secondary N) is 1. The van der Waals surface area contributed by atoms with Crippen LogP contribution in [0.1, 0.15) is 41.5 Å². The van der Waals surface area contributed by atoms with E-state index in [0.29, 0.717) is 42.8 Å². The lowest BCUT2D eigenvalue weighted by atomic mass is 10.0. The summed E-state index contributed by atoms with van der Waals surface area (Å²) in [7, 11) is 1.80. The van der Waals surface area contributed by atoms with Gasteiger partial charge in [-0.1, -0.05) is 13.8 Å². The van der Waals surface area contributed by atoms with Gasteiger partial charge < -0.3 is 24.4 Å². The summed E-state index contributed by atoms with van der Waals surface area (Å²) in [4.78, 5) is 38.4. The standard InChI is InChI=1S/C26H29FN6O3/c1-15(2)20-9-16(3)31(4)23(20)24(34)25(35)30-18-5-6-21-22(10-18)36-14-19-13-32(7-8-33(19)21)26-28-11-17(27)12-29-26/h5-6,9-12,15,19H,7-8,13-14H2,1-4H3,(H,30,35)/t19-/m1/s1. The molecule has 5 rings (SSSR count). The van der Waals surface area contributed by atoms with Crippen LogP contribution in [0.15, 0.2) is 36.7 Å². The number of aromatic nitrogens is 3. The summed E-state index contributed by atoms with van der Waals surface area (Å²) in [5, 5.41) is 2.74. The number of ketones is 1. The molecule has 1 atom stereocenters. The number of carbonyl (C=O) groups is 2. The predicted octanol–water partition coefficient (Wildman–Crippen LogP) is 3.30. The summed E-state index contributed by atoms with van der Waals surface area (Å²) >= 11 is 0. The van der Waals surface area contributed by atoms with Crippen LogP contribution in [0.5, 0.6) is 5.75 Å². The predicted molar refractivity (Wildman–Crippen MR) is 134 cm³/mol. The Kier molecular flexibility index (Phi) is 6.11. The number of fused-ring (bicyclic) bond motifs is 3. The minimum absolute atomic E-state index is 0.0805. The van der Waals surface area contributed by atoms with Crippen molar-refractivity contribution in [3.63, 3.8) is 0 Å². The molecule has 1 N–H and O–H groups in total. The Morgan fingerprint density at radius 2 is 1.92 bits per heavy atom. The monoisotopic (exact) mass is 492 g/mol. The number of benzene rings is 1. The van der Waals surface area contributed by atoms with E-state index in [-0.39, 0.29) is 12.0 Å². The third-order valence-corrected chi connectivity index (χ3v) is 6.88. The van der Waals surface area contributed by atoms with Crippen molar-refractivity contribution in [3.8, 4) is 5.75 Å². The third-order valence-electron chi connectivity index (χ3n) is 6.88. The number of carbonyl (C=O) groups excluding carboxylic acids is 2. The third kappa shape index (κ3) is 4.27. The molecule has 188 valence electrons. The maximum absolute atomic E-state index is 13.2. The van der Waals surface area contributed by atoms with Gasteiger partial charge in [0.25, 0.3) is 11.7 Å². The summed E-state index contributed by atoms with van der Waals surface area (Å²) in [6, 6.07) is 7.47. The van der Waals surface area contributed by atoms with Gasteiger partial charge in [0, 0.05) is 44.1 Å². The Labute approximate surface area is 208 Å². The van der Waals surface area contributed by atoms with Crippen molar-refractivity contribution in [1.29, 1.82) is 0 Å². The maximum Gasteiger partial charge on any atom is 0.298 e. The van der Waals surface area contributed by atoms with Gasteiger partial charge in [0.1, 0.15) is 12.4 Å². The van der Waals surface area contributed by atoms with Crippen molar-refractivity contribution in [2.75, 3.05) is 41.4 Å². The van der Waals surface area contributed by atoms with Crippen LogP contribution in [0.25, 0.3) is 0 Å². The van der Waals surface area contributed by atoms with Gasteiger partial charge in [0.15, 0.2) is 5.82 Å². The first-order chi connectivity index (χ1) is 17.2. The van der Waals surface area contributed by atoms with E-state index >= 15 is 0 Å². The highest BCUT2D eigenvalue weighted by atomic mass is 19.1. The van der Waals surface area contributed by atoms with E-state index in [2.05, 4.69) is 20.2 Å². The van der Waals surface area contributed by atoms with Crippen molar-refractivity contribution in [1.82, 2.24) is 14.5 Å². The minimum Gasteiger partial charge on any atom is -0.489 e. The van der Waals surface area contributed by atoms with Gasteiger partial charge >= 0.3 is 0 Å². The molecule has 36 heavy (non-hydrogen) atoms. The molecule has 1 amide bonds. The second-order valence-corrected chi connectivity index (χ2v) is 9.57. The van der Waals surface area contributed by atoms with E-state index in [0.717, 1.165) is 23.5 Å². The zero-order chi connectivity index (χ0) is 25.6. The van der Waals surface area contributed by atoms with Crippen molar-refractivity contribution >= 4 is 29.0 Å². The van der Waals surface area contributed by atoms with Crippen molar-refractivity contribution < 1.29 is 18.7 Å². The van der Waals surface area contributed by atoms with E-state index < -0.39 is 17.5 Å². The highest BCUT2D eigenvalue weighted by molar-refractivity contribution is 6.46. The molecule has 0 radical (unpaired) electrons. The van der Waals surface area contributed by atoms with Crippen LogP contribution in [0.2, 0.25) is 0 Å². The summed E-state index contributed by atoms with van der Waals surface area (Å²) < 4.78 is 21.0. The van der Waals surface area contributed by atoms with Crippen LogP contribution in [0.4, 0.5) is 21.7 Å². The molecule has 2 aliphatic rings. The molecule has 0 saturated carbocycles. The van der Waals surface area contributed by atoms with Gasteiger partial charge in [-0.3, -0.25) is 9.59 Å². The number of amides is 1. The fourth-order valence-corrected chi connectivity index (χ4v) is 4.88. The van der Waals surface area contributed by atoms with Crippen molar-refractivity contribution in [2.24, 2.45) is 7.05 Å². The lowest BCUT2D eigenvalue weighted by molar-refractivity contribution is -0.112. The first-order valence-electron chi connectivity index (χ1n) is 12.0. The van der Waals surface area contributed by atoms with Gasteiger partial charge in [0.2, 0.25) is 5.95 Å². The average Bonchev–Trinajstić information content (AvgIpc) is 3.17. The minimum atomic E-state index is -0.681. The van der Waals surface area contributed by atoms with Crippen LogP contribution in [0, 0.1) is 12.7 Å². The molecule has 3 aromatic rings. The number of halogens is 1. The number of nitrogens with zero attached hydrogens (tertiary/aromatic N) is 5. The lowest BCUT2D eigenvalue weighted by Gasteiger charge is -2.45. The Morgan fingerprint density at radius 1 is 1.17 bits per heavy atom. The Hall–Kier alpha value is -3.95. The topological polar surface area (TPSA) is 92.6 Å². The lowest BCUT2D eigenvalue weighted by Crippen LogP contribution is -2.57. The fourth-order valence-electron chi connectivity index (χ4n) is 4.88. The summed E-state index contributed by atoms with van der Waals surface area (Å²) in [5.74, 6) is -0.432. The van der Waals surface area contributed by atoms with E-state index in [1.807, 2.05) is 37.8 Å². The van der Waals surface area contributed by atoms with Crippen LogP contribution in [-0.4, -0.2) is 58.5 Å². The molecule has 10 heteroatoms. The number of piperazine rings is 1. The van der Waals surface area contributed by atoms with Gasteiger partial charge in [-0.25, -0.2) is 14.4 Å². The van der Waals surface area contributed by atoms with E-state index in [9.17, 15) is 14.0 Å². The number of anilines is 3. The number of hydrogen-bond donors (Lipinski definition) is 1. The Balaban J connectivity index is 1.29. The molecule has 9 nitrogen and oxygen atoms in total. The fraction of sp³-hybridized carbons (Fsp3) is 0.385. The molecule has 0 bridgehead atoms. The van der Waals surface area contributed by atoms with Gasteiger partial charge in [-0.2, -0.15) is 0 Å². The van der Waals surface area contributed by atoms with Crippen LogP contribution >= 0.6 is 0 Å². The molecule has 2 aliphatic heterocycles. The van der Waals surface area contributed by atoms with Crippen molar-refractivity contribution in [2.45, 2.75) is 32.7 Å². The zero-order valence-electron chi connectivity index (χ0n) is 20.8. The molecule has 0 aliphatic carbocycles. The normalized spacial score (nSPS) is 16.9. The molecule has 0 spiro atoms. The van der Waals surface area contributed by atoms with E-state index in [4.69, 9.17) is 4.74 Å². The number of ether oxygens (including phenoxy) is 1. The average molecular weight is 493 g/mol. The van der Waals surface area contributed by atoms with E-state index in [1.54, 1.807) is 23.7 Å². The molecule has 1 aromatic carbocycles. The first-order valence-corrected chi connectivity index (χ1v) is 12.0. The molecular weight excluding hydrogens is 463 g/mol. The molecule has 1 fully saturated rings. The maximum atomic E-state index is 13.2. The molecule has 2 aromatic heterocycles. The molecule has 1 saturated heterocycles. The van der Waals surface area contributed by atoms with Crippen molar-refractivity contribution in [3.05, 3.63) is 59.4 Å². The number of aryl methyl sites for hydroxylation is 1. The number of Topliss-reactive ketones (excluding diaryl/α,β-unsaturated/α-hetero) is 1. The second-order valence-electron chi connectivity index (χ2n) is 9.57. The van der Waals surface area contributed by atoms with E-state index in [1.165, 1.54) is 12.4 Å². The van der Waals surface area contributed by atoms with Gasteiger partial charge in [-0.15, -0.1) is 0 Å². The molecular formula is C26H29FN6O3. The highest BCUT2D eigenvalue weighted by Crippen LogP contribution is 2.37. The quantitative estimate of drug-likeness (QED) is 0.432. The zero-order valence-corrected chi connectivity index (χ0v) is 20.8. The Bertz CT molecular complexity index is 1320. The SMILES string of the molecule is Cc1cc(C(C)C)c(C(=O)C(=O)Nc2ccc3c(c2)OC[C@H]2CN(c4ncc(F)cn4)CCN32)n1C. The highest BCUT2D eigenvalue weighted by Gasteiger charge is 2.34. The largest absolute Gasteiger partial charge is 0.489 e. The van der Waals surface area contributed by atoms with Crippen LogP contribution in [-0.2, 0) is 11.8 Å². The molecule has 0 unspecified atom stereocenters. The summed E-state index contributed by atoms with van der Waals surface area (Å²) in [6.07, 6.45) is 2.34. The Morgan fingerprint density at radius 3 is 2.64 bits per heavy atom. The van der Waals surface area contributed by atoms with Gasteiger partial charge in [-0.05, 0) is 36.6 Å². The molecule has 4 heterocycles. The van der Waals surface area contributed by atoms with Gasteiger partial charge in [0.05, 0.1) is 29.8 Å². The van der Waals surface area contributed by atoms with Crippen LogP contribution < -0.4 is 19.9 Å². The second kappa shape index (κ2) is 9.25. The van der Waals surface area contributed by atoms with Crippen LogP contribution in [0.3, 0.4) is 0 Å². The summed E-state index contributed by atoms with van der Waals surface area (Å²) in [6.45, 7) is 8.42. The first kappa shape index (κ1) is 23.8. The number of hydrogen-bond acceptors (Lipinski definition) is 7. The number of rotatable bonds is 5.